The molecule has 2 aromatic heterocycles. The first-order chi connectivity index (χ1) is 7.86. The average Bonchev–Trinajstić information content (AvgIpc) is 2.69. The number of aromatic nitrogens is 3. The number of nitrogens with zero attached hydrogens (tertiary/aromatic N) is 3. The summed E-state index contributed by atoms with van der Waals surface area (Å²) in [6.45, 7) is 2.16. The first kappa shape index (κ1) is 10.2. The van der Waals surface area contributed by atoms with Crippen LogP contribution in [0.2, 0.25) is 0 Å². The van der Waals surface area contributed by atoms with Gasteiger partial charge in [0.05, 0.1) is 16.9 Å². The van der Waals surface area contributed by atoms with E-state index in [4.69, 9.17) is 0 Å². The van der Waals surface area contributed by atoms with E-state index in [1.54, 1.807) is 0 Å². The van der Waals surface area contributed by atoms with Gasteiger partial charge in [-0.3, -0.25) is 9.67 Å². The maximum Gasteiger partial charge on any atom is 0.137 e. The highest BCUT2D eigenvalue weighted by Crippen LogP contribution is 2.28. The van der Waals surface area contributed by atoms with E-state index in [-0.39, 0.29) is 0 Å². The first-order valence-electron chi connectivity index (χ1n) is 5.55. The van der Waals surface area contributed by atoms with E-state index in [1.165, 1.54) is 5.52 Å². The second kappa shape index (κ2) is 4.14. The molecule has 0 radical (unpaired) electrons. The maximum absolute atomic E-state index is 4.58. The second-order valence-electron chi connectivity index (χ2n) is 4.11. The lowest BCUT2D eigenvalue weighted by Crippen LogP contribution is -2.29. The minimum absolute atomic E-state index is 0.512. The zero-order valence-electron chi connectivity index (χ0n) is 8.86. The number of halogens is 1. The molecule has 0 amide bonds. The van der Waals surface area contributed by atoms with Crippen molar-refractivity contribution in [3.63, 3.8) is 0 Å². The van der Waals surface area contributed by atoms with E-state index >= 15 is 0 Å². The van der Waals surface area contributed by atoms with Crippen molar-refractivity contribution in [1.29, 1.82) is 0 Å². The van der Waals surface area contributed by atoms with Crippen LogP contribution in [0.3, 0.4) is 0 Å². The number of rotatable bonds is 1. The highest BCUT2D eigenvalue weighted by Gasteiger charge is 2.19. The topological polar surface area (TPSA) is 42.7 Å². The quantitative estimate of drug-likeness (QED) is 0.870. The molecule has 16 heavy (non-hydrogen) atoms. The van der Waals surface area contributed by atoms with Crippen LogP contribution < -0.4 is 5.32 Å². The summed E-state index contributed by atoms with van der Waals surface area (Å²) in [4.78, 5) is 4.14. The van der Waals surface area contributed by atoms with Crippen LogP contribution in [-0.2, 0) is 0 Å². The zero-order valence-corrected chi connectivity index (χ0v) is 10.4. The normalized spacial score (nSPS) is 18.1. The molecule has 0 unspecified atom stereocenters. The summed E-state index contributed by atoms with van der Waals surface area (Å²) in [5, 5.41) is 9.05. The van der Waals surface area contributed by atoms with Crippen LogP contribution in [0, 0.1) is 0 Å². The van der Waals surface area contributed by atoms with E-state index < -0.39 is 0 Å². The molecule has 0 spiro atoms. The average molecular weight is 281 g/mol. The third-order valence-corrected chi connectivity index (χ3v) is 3.70. The van der Waals surface area contributed by atoms with Gasteiger partial charge < -0.3 is 5.32 Å². The SMILES string of the molecule is Brc1nn(C2CCNCC2)c2ccncc12. The van der Waals surface area contributed by atoms with Gasteiger partial charge in [0.25, 0.3) is 0 Å². The van der Waals surface area contributed by atoms with Crippen molar-refractivity contribution in [1.82, 2.24) is 20.1 Å². The molecule has 2 aromatic rings. The van der Waals surface area contributed by atoms with Crippen LogP contribution in [0.4, 0.5) is 0 Å². The molecule has 0 aliphatic carbocycles. The highest BCUT2D eigenvalue weighted by molar-refractivity contribution is 9.10. The van der Waals surface area contributed by atoms with Gasteiger partial charge in [0.15, 0.2) is 0 Å². The number of pyridine rings is 1. The summed E-state index contributed by atoms with van der Waals surface area (Å²) < 4.78 is 3.04. The molecule has 5 heteroatoms. The Balaban J connectivity index is 2.08. The van der Waals surface area contributed by atoms with Gasteiger partial charge in [-0.05, 0) is 47.9 Å². The predicted octanol–water partition coefficient (Wildman–Crippen LogP) is 2.12. The summed E-state index contributed by atoms with van der Waals surface area (Å²) in [6.07, 6.45) is 5.98. The number of fused-ring (bicyclic) bond motifs is 1. The molecule has 1 saturated heterocycles. The molecule has 3 heterocycles. The molecule has 0 saturated carbocycles. The lowest BCUT2D eigenvalue weighted by molar-refractivity contribution is 0.350. The van der Waals surface area contributed by atoms with Crippen LogP contribution in [0.5, 0.6) is 0 Å². The van der Waals surface area contributed by atoms with Crippen molar-refractivity contribution in [2.45, 2.75) is 18.9 Å². The highest BCUT2D eigenvalue weighted by atomic mass is 79.9. The van der Waals surface area contributed by atoms with Crippen molar-refractivity contribution in [2.75, 3.05) is 13.1 Å². The predicted molar refractivity (Wildman–Crippen MR) is 66.4 cm³/mol. The minimum Gasteiger partial charge on any atom is -0.317 e. The van der Waals surface area contributed by atoms with E-state index in [2.05, 4.69) is 36.0 Å². The Morgan fingerprint density at radius 1 is 1.38 bits per heavy atom. The Labute approximate surface area is 102 Å². The summed E-state index contributed by atoms with van der Waals surface area (Å²) in [5.41, 5.74) is 1.17. The number of nitrogens with one attached hydrogen (secondary N) is 1. The summed E-state index contributed by atoms with van der Waals surface area (Å²) in [7, 11) is 0. The molecule has 0 bridgehead atoms. The third-order valence-electron chi connectivity index (χ3n) is 3.12. The molecule has 1 aliphatic heterocycles. The molecular formula is C11H13BrN4. The van der Waals surface area contributed by atoms with Gasteiger partial charge in [-0.1, -0.05) is 0 Å². The van der Waals surface area contributed by atoms with Gasteiger partial charge in [0.2, 0.25) is 0 Å². The molecule has 4 nitrogen and oxygen atoms in total. The van der Waals surface area contributed by atoms with Gasteiger partial charge in [-0.25, -0.2) is 0 Å². The van der Waals surface area contributed by atoms with Crippen molar-refractivity contribution in [3.8, 4) is 0 Å². The smallest absolute Gasteiger partial charge is 0.137 e. The minimum atomic E-state index is 0.512. The van der Waals surface area contributed by atoms with E-state index in [1.807, 2.05) is 18.5 Å². The molecule has 84 valence electrons. The number of hydrogen-bond acceptors (Lipinski definition) is 3. The maximum atomic E-state index is 4.58. The third kappa shape index (κ3) is 1.64. The van der Waals surface area contributed by atoms with Crippen LogP contribution in [0.25, 0.3) is 10.9 Å². The molecule has 0 aromatic carbocycles. The fourth-order valence-electron chi connectivity index (χ4n) is 2.28. The number of piperidine rings is 1. The Kier molecular flexibility index (Phi) is 2.65. The molecular weight excluding hydrogens is 268 g/mol. The largest absolute Gasteiger partial charge is 0.317 e. The van der Waals surface area contributed by atoms with Crippen molar-refractivity contribution < 1.29 is 0 Å². The van der Waals surface area contributed by atoms with Gasteiger partial charge in [0, 0.05) is 12.4 Å². The summed E-state index contributed by atoms with van der Waals surface area (Å²) in [5.74, 6) is 0. The Bertz CT molecular complexity index is 502. The van der Waals surface area contributed by atoms with Gasteiger partial charge in [-0.2, -0.15) is 5.10 Å². The fourth-order valence-corrected chi connectivity index (χ4v) is 2.75. The van der Waals surface area contributed by atoms with E-state index in [0.29, 0.717) is 6.04 Å². The van der Waals surface area contributed by atoms with Crippen molar-refractivity contribution in [2.24, 2.45) is 0 Å². The van der Waals surface area contributed by atoms with Crippen LogP contribution >= 0.6 is 15.9 Å². The van der Waals surface area contributed by atoms with Crippen LogP contribution in [-0.4, -0.2) is 27.9 Å². The standard InChI is InChI=1S/C11H13BrN4/c12-11-9-7-14-6-3-10(9)16(15-11)8-1-4-13-5-2-8/h3,6-8,13H,1-2,4-5H2. The Morgan fingerprint density at radius 3 is 3.00 bits per heavy atom. The molecule has 1 N–H and O–H groups in total. The van der Waals surface area contributed by atoms with E-state index in [9.17, 15) is 0 Å². The lowest BCUT2D eigenvalue weighted by Gasteiger charge is -2.23. The first-order valence-corrected chi connectivity index (χ1v) is 6.34. The Morgan fingerprint density at radius 2 is 2.19 bits per heavy atom. The van der Waals surface area contributed by atoms with Crippen LogP contribution in [0.1, 0.15) is 18.9 Å². The van der Waals surface area contributed by atoms with Crippen LogP contribution in [0.15, 0.2) is 23.1 Å². The van der Waals surface area contributed by atoms with Crippen molar-refractivity contribution in [3.05, 3.63) is 23.1 Å². The molecule has 0 atom stereocenters. The van der Waals surface area contributed by atoms with Gasteiger partial charge in [-0.15, -0.1) is 0 Å². The monoisotopic (exact) mass is 280 g/mol. The zero-order chi connectivity index (χ0) is 11.0. The summed E-state index contributed by atoms with van der Waals surface area (Å²) in [6, 6.07) is 2.55. The fraction of sp³-hybridized carbons (Fsp3) is 0.455. The molecule has 3 rings (SSSR count). The molecule has 1 aliphatic rings. The Hall–Kier alpha value is -0.940. The van der Waals surface area contributed by atoms with Gasteiger partial charge in [0.1, 0.15) is 4.60 Å². The summed E-state index contributed by atoms with van der Waals surface area (Å²) >= 11 is 3.50. The van der Waals surface area contributed by atoms with E-state index in [0.717, 1.165) is 35.9 Å². The van der Waals surface area contributed by atoms with Gasteiger partial charge >= 0.3 is 0 Å². The van der Waals surface area contributed by atoms with Crippen molar-refractivity contribution >= 4 is 26.8 Å². The second-order valence-corrected chi connectivity index (χ2v) is 4.86. The molecule has 1 fully saturated rings. The lowest BCUT2D eigenvalue weighted by atomic mass is 10.1. The number of hydrogen-bond donors (Lipinski definition) is 1.